The molecule has 0 bridgehead atoms. The number of nitrogens with zero attached hydrogens (tertiary/aromatic N) is 1. The fraction of sp³-hybridized carbons (Fsp3) is 0.605. The van der Waals surface area contributed by atoms with Crippen molar-refractivity contribution in [1.82, 2.24) is 10.2 Å². The molecule has 1 amide bonds. The smallest absolute Gasteiger partial charge is 0.209 e. The minimum Gasteiger partial charge on any atom is -0.386 e. The van der Waals surface area contributed by atoms with Gasteiger partial charge in [-0.1, -0.05) is 107 Å². The second kappa shape index (κ2) is 18.4. The van der Waals surface area contributed by atoms with Gasteiger partial charge in [0.15, 0.2) is 0 Å². The summed E-state index contributed by atoms with van der Waals surface area (Å²) in [5.74, 6) is 2.36. The van der Waals surface area contributed by atoms with Crippen LogP contribution < -0.4 is 5.32 Å². The van der Waals surface area contributed by atoms with Crippen molar-refractivity contribution in [2.75, 3.05) is 13.1 Å². The SMILES string of the molecule is C=C1NC(C)C2CC(c3ccc(C)cc3C3CC3)CCC12C.CC.CCCCCCN(C=O)CC.Clc1ccccc1. The van der Waals surface area contributed by atoms with E-state index in [0.717, 1.165) is 48.7 Å². The van der Waals surface area contributed by atoms with E-state index in [-0.39, 0.29) is 0 Å². The third-order valence-electron chi connectivity index (χ3n) is 9.35. The first-order chi connectivity index (χ1) is 20.2. The van der Waals surface area contributed by atoms with Crippen molar-refractivity contribution in [3.05, 3.63) is 82.5 Å². The first kappa shape index (κ1) is 35.9. The molecule has 1 aliphatic heterocycles. The minimum atomic E-state index is 0.320. The van der Waals surface area contributed by atoms with E-state index < -0.39 is 0 Å². The normalized spacial score (nSPS) is 23.9. The Morgan fingerprint density at radius 2 is 1.69 bits per heavy atom. The molecular formula is C38H59ClN2O. The highest BCUT2D eigenvalue weighted by Crippen LogP contribution is 2.56. The molecule has 3 nitrogen and oxygen atoms in total. The molecule has 4 unspecified atom stereocenters. The van der Waals surface area contributed by atoms with Gasteiger partial charge < -0.3 is 10.2 Å². The van der Waals surface area contributed by atoms with Gasteiger partial charge in [-0.15, -0.1) is 0 Å². The molecule has 1 heterocycles. The molecule has 2 aliphatic carbocycles. The highest BCUT2D eigenvalue weighted by atomic mass is 35.5. The van der Waals surface area contributed by atoms with Crippen LogP contribution in [0, 0.1) is 18.3 Å². The van der Waals surface area contributed by atoms with Crippen LogP contribution in [-0.4, -0.2) is 30.4 Å². The van der Waals surface area contributed by atoms with Crippen LogP contribution in [0.4, 0.5) is 0 Å². The zero-order chi connectivity index (χ0) is 31.1. The molecule has 234 valence electrons. The number of aryl methyl sites for hydroxylation is 1. The number of benzene rings is 2. The van der Waals surface area contributed by atoms with E-state index in [4.69, 9.17) is 11.6 Å². The van der Waals surface area contributed by atoms with Crippen LogP contribution in [0.5, 0.6) is 0 Å². The van der Waals surface area contributed by atoms with E-state index in [1.807, 2.05) is 56.0 Å². The third kappa shape index (κ3) is 10.5. The van der Waals surface area contributed by atoms with Gasteiger partial charge in [0.25, 0.3) is 0 Å². The zero-order valence-electron chi connectivity index (χ0n) is 27.7. The summed E-state index contributed by atoms with van der Waals surface area (Å²) in [7, 11) is 0. The van der Waals surface area contributed by atoms with Crippen LogP contribution >= 0.6 is 11.6 Å². The Balaban J connectivity index is 0.000000258. The summed E-state index contributed by atoms with van der Waals surface area (Å²) in [4.78, 5) is 12.1. The standard InChI is InChI=1S/C21H29N.C9H19NO.C6H5Cl.C2H6/c1-13-5-8-18(19(11-13)16-6-7-16)17-9-10-21(4)15(3)22-14(2)20(21)12-17;1-3-5-6-7-8-10(4-2)9-11;7-6-4-2-1-3-5-6;1-2/h5,8,11,14,16-17,20,22H,3,6-7,9-10,12H2,1-2,4H3;9H,3-8H2,1-2H3;1-5H;1-2H3. The number of carbonyl (C=O) groups excluding carboxylic acids is 1. The highest BCUT2D eigenvalue weighted by Gasteiger charge is 2.49. The summed E-state index contributed by atoms with van der Waals surface area (Å²) in [5.41, 5.74) is 6.37. The predicted molar refractivity (Wildman–Crippen MR) is 183 cm³/mol. The van der Waals surface area contributed by atoms with Crippen molar-refractivity contribution in [1.29, 1.82) is 0 Å². The van der Waals surface area contributed by atoms with E-state index in [1.165, 1.54) is 62.6 Å². The molecule has 4 heteroatoms. The van der Waals surface area contributed by atoms with Crippen molar-refractivity contribution in [2.24, 2.45) is 11.3 Å². The number of nitrogens with one attached hydrogen (secondary N) is 1. The van der Waals surface area contributed by atoms with Gasteiger partial charge in [0.2, 0.25) is 6.41 Å². The average molecular weight is 595 g/mol. The Kier molecular flexibility index (Phi) is 15.8. The Bertz CT molecular complexity index is 1070. The molecule has 1 N–H and O–H groups in total. The van der Waals surface area contributed by atoms with Crippen molar-refractivity contribution in [3.63, 3.8) is 0 Å². The molecule has 4 atom stereocenters. The lowest BCUT2D eigenvalue weighted by Gasteiger charge is -2.41. The van der Waals surface area contributed by atoms with Gasteiger partial charge in [0.05, 0.1) is 0 Å². The Morgan fingerprint density at radius 3 is 2.24 bits per heavy atom. The van der Waals surface area contributed by atoms with Crippen molar-refractivity contribution in [2.45, 2.75) is 124 Å². The zero-order valence-corrected chi connectivity index (χ0v) is 28.5. The van der Waals surface area contributed by atoms with Gasteiger partial charge >= 0.3 is 0 Å². The van der Waals surface area contributed by atoms with Crippen LogP contribution in [0.1, 0.15) is 128 Å². The number of halogens is 1. The van der Waals surface area contributed by atoms with Gasteiger partial charge in [0, 0.05) is 35.3 Å². The number of allylic oxidation sites excluding steroid dienone is 1. The number of carbonyl (C=O) groups is 1. The van der Waals surface area contributed by atoms with Gasteiger partial charge in [-0.05, 0) is 100 Å². The molecule has 3 aliphatic rings. The lowest BCUT2D eigenvalue weighted by atomic mass is 9.62. The van der Waals surface area contributed by atoms with Crippen LogP contribution in [0.15, 0.2) is 60.8 Å². The lowest BCUT2D eigenvalue weighted by molar-refractivity contribution is -0.118. The Morgan fingerprint density at radius 1 is 1.00 bits per heavy atom. The molecule has 2 saturated carbocycles. The van der Waals surface area contributed by atoms with E-state index in [9.17, 15) is 4.79 Å². The average Bonchev–Trinajstić information content (AvgIpc) is 3.82. The highest BCUT2D eigenvalue weighted by molar-refractivity contribution is 6.30. The number of hydrogen-bond donors (Lipinski definition) is 1. The van der Waals surface area contributed by atoms with Crippen molar-refractivity contribution >= 4 is 18.0 Å². The minimum absolute atomic E-state index is 0.320. The van der Waals surface area contributed by atoms with Crippen LogP contribution in [0.25, 0.3) is 0 Å². The molecular weight excluding hydrogens is 536 g/mol. The quantitative estimate of drug-likeness (QED) is 0.231. The summed E-state index contributed by atoms with van der Waals surface area (Å²) in [6.07, 6.45) is 12.6. The fourth-order valence-electron chi connectivity index (χ4n) is 6.55. The van der Waals surface area contributed by atoms with Crippen LogP contribution in [0.2, 0.25) is 5.02 Å². The maximum absolute atomic E-state index is 10.3. The summed E-state index contributed by atoms with van der Waals surface area (Å²) in [6, 6.07) is 17.3. The maximum atomic E-state index is 10.3. The Labute approximate surface area is 263 Å². The van der Waals surface area contributed by atoms with Crippen LogP contribution in [-0.2, 0) is 4.79 Å². The predicted octanol–water partition coefficient (Wildman–Crippen LogP) is 10.7. The Hall–Kier alpha value is -2.26. The maximum Gasteiger partial charge on any atom is 0.209 e. The van der Waals surface area contributed by atoms with Crippen molar-refractivity contribution in [3.8, 4) is 0 Å². The number of fused-ring (bicyclic) bond motifs is 1. The van der Waals surface area contributed by atoms with Gasteiger partial charge in [-0.3, -0.25) is 4.79 Å². The molecule has 2 aromatic rings. The topological polar surface area (TPSA) is 32.3 Å². The molecule has 0 spiro atoms. The van der Waals surface area contributed by atoms with E-state index in [2.05, 4.69) is 57.8 Å². The summed E-state index contributed by atoms with van der Waals surface area (Å²) >= 11 is 5.54. The van der Waals surface area contributed by atoms with E-state index in [1.54, 1.807) is 11.1 Å². The number of hydrogen-bond acceptors (Lipinski definition) is 2. The summed E-state index contributed by atoms with van der Waals surface area (Å²) < 4.78 is 0. The van der Waals surface area contributed by atoms with Crippen LogP contribution in [0.3, 0.4) is 0 Å². The second-order valence-electron chi connectivity index (χ2n) is 12.4. The van der Waals surface area contributed by atoms with E-state index >= 15 is 0 Å². The lowest BCUT2D eigenvalue weighted by Crippen LogP contribution is -2.34. The molecule has 1 saturated heterocycles. The molecule has 2 aromatic carbocycles. The number of rotatable bonds is 9. The number of unbranched alkanes of at least 4 members (excludes halogenated alkanes) is 3. The monoisotopic (exact) mass is 594 g/mol. The van der Waals surface area contributed by atoms with Gasteiger partial charge in [0.1, 0.15) is 0 Å². The molecule has 0 aromatic heterocycles. The van der Waals surface area contributed by atoms with Crippen molar-refractivity contribution < 1.29 is 4.79 Å². The van der Waals surface area contributed by atoms with E-state index in [0.29, 0.717) is 11.5 Å². The largest absolute Gasteiger partial charge is 0.386 e. The number of amides is 1. The fourth-order valence-corrected chi connectivity index (χ4v) is 6.70. The third-order valence-corrected chi connectivity index (χ3v) is 9.60. The molecule has 42 heavy (non-hydrogen) atoms. The molecule has 0 radical (unpaired) electrons. The first-order valence-electron chi connectivity index (χ1n) is 16.7. The van der Waals surface area contributed by atoms with Gasteiger partial charge in [-0.2, -0.15) is 0 Å². The first-order valence-corrected chi connectivity index (χ1v) is 17.1. The molecule has 3 fully saturated rings. The second-order valence-corrected chi connectivity index (χ2v) is 12.8. The summed E-state index contributed by atoms with van der Waals surface area (Å²) in [5, 5.41) is 4.43. The van der Waals surface area contributed by atoms with Gasteiger partial charge in [-0.25, -0.2) is 0 Å². The molecule has 5 rings (SSSR count). The summed E-state index contributed by atoms with van der Waals surface area (Å²) in [6.45, 7) is 21.3.